The van der Waals surface area contributed by atoms with Gasteiger partial charge in [-0.3, -0.25) is 4.98 Å². The van der Waals surface area contributed by atoms with Gasteiger partial charge in [-0.15, -0.1) is 0 Å². The van der Waals surface area contributed by atoms with Gasteiger partial charge in [0.1, 0.15) is 0 Å². The Kier molecular flexibility index (Phi) is 3.74. The van der Waals surface area contributed by atoms with Gasteiger partial charge in [-0.1, -0.05) is 6.07 Å². The number of oxazole rings is 1. The van der Waals surface area contributed by atoms with Crippen molar-refractivity contribution in [1.29, 1.82) is 0 Å². The minimum Gasteiger partial charge on any atom is -0.454 e. The first-order valence-corrected chi connectivity index (χ1v) is 9.01. The van der Waals surface area contributed by atoms with E-state index in [4.69, 9.17) is 13.9 Å². The summed E-state index contributed by atoms with van der Waals surface area (Å²) in [5.41, 5.74) is 1.58. The highest BCUT2D eigenvalue weighted by atomic mass is 32.2. The van der Waals surface area contributed by atoms with Crippen molar-refractivity contribution in [3.05, 3.63) is 52.5 Å². The van der Waals surface area contributed by atoms with E-state index in [0.29, 0.717) is 23.4 Å². The normalized spacial score (nSPS) is 13.4. The van der Waals surface area contributed by atoms with Gasteiger partial charge in [-0.25, -0.2) is 17.9 Å². The molecule has 0 amide bonds. The lowest BCUT2D eigenvalue weighted by molar-refractivity contribution is 0.174. The van der Waals surface area contributed by atoms with E-state index in [1.165, 1.54) is 18.2 Å². The van der Waals surface area contributed by atoms with Gasteiger partial charge in [-0.2, -0.15) is 0 Å². The molecule has 1 aliphatic heterocycles. The summed E-state index contributed by atoms with van der Waals surface area (Å²) in [6.07, 6.45) is 0.497. The van der Waals surface area contributed by atoms with Crippen molar-refractivity contribution in [2.24, 2.45) is 0 Å². The molecule has 1 aromatic heterocycles. The zero-order chi connectivity index (χ0) is 17.4. The average Bonchev–Trinajstić information content (AvgIpc) is 3.18. The van der Waals surface area contributed by atoms with Gasteiger partial charge in [0, 0.05) is 12.6 Å². The first kappa shape index (κ1) is 15.7. The number of rotatable bonds is 5. The zero-order valence-corrected chi connectivity index (χ0v) is 13.8. The molecule has 25 heavy (non-hydrogen) atoms. The van der Waals surface area contributed by atoms with E-state index in [2.05, 4.69) is 9.71 Å². The predicted molar refractivity (Wildman–Crippen MR) is 88.3 cm³/mol. The molecule has 0 aliphatic carbocycles. The number of benzene rings is 2. The Morgan fingerprint density at radius 3 is 2.80 bits per heavy atom. The molecule has 3 aromatic rings. The highest BCUT2D eigenvalue weighted by molar-refractivity contribution is 7.89. The number of H-pyrrole nitrogens is 1. The number of hydrogen-bond acceptors (Lipinski definition) is 6. The lowest BCUT2D eigenvalue weighted by Crippen LogP contribution is -2.25. The molecule has 2 aromatic carbocycles. The maximum Gasteiger partial charge on any atom is 0.417 e. The lowest BCUT2D eigenvalue weighted by atomic mass is 10.1. The molecule has 0 radical (unpaired) electrons. The Bertz CT molecular complexity index is 1100. The van der Waals surface area contributed by atoms with Crippen LogP contribution < -0.4 is 20.0 Å². The number of sulfonamides is 1. The van der Waals surface area contributed by atoms with Gasteiger partial charge in [0.2, 0.25) is 16.8 Å². The lowest BCUT2D eigenvalue weighted by Gasteiger charge is -2.07. The number of ether oxygens (including phenoxy) is 2. The second-order valence-electron chi connectivity index (χ2n) is 5.51. The van der Waals surface area contributed by atoms with Crippen LogP contribution in [0.4, 0.5) is 0 Å². The van der Waals surface area contributed by atoms with Gasteiger partial charge in [-0.05, 0) is 36.2 Å². The van der Waals surface area contributed by atoms with Crippen molar-refractivity contribution in [2.75, 3.05) is 13.3 Å². The minimum atomic E-state index is -3.71. The highest BCUT2D eigenvalue weighted by Crippen LogP contribution is 2.32. The quantitative estimate of drug-likeness (QED) is 0.709. The monoisotopic (exact) mass is 362 g/mol. The van der Waals surface area contributed by atoms with E-state index < -0.39 is 15.8 Å². The molecule has 0 saturated carbocycles. The molecule has 2 heterocycles. The van der Waals surface area contributed by atoms with Crippen LogP contribution >= 0.6 is 0 Å². The number of fused-ring (bicyclic) bond motifs is 2. The third-order valence-electron chi connectivity index (χ3n) is 3.85. The fourth-order valence-electron chi connectivity index (χ4n) is 2.60. The largest absolute Gasteiger partial charge is 0.454 e. The maximum absolute atomic E-state index is 12.4. The van der Waals surface area contributed by atoms with Crippen molar-refractivity contribution in [3.8, 4) is 11.5 Å². The van der Waals surface area contributed by atoms with Gasteiger partial charge in [0.15, 0.2) is 17.1 Å². The smallest absolute Gasteiger partial charge is 0.417 e. The minimum absolute atomic E-state index is 0.0356. The molecule has 0 saturated heterocycles. The van der Waals surface area contributed by atoms with Crippen molar-refractivity contribution in [3.63, 3.8) is 0 Å². The summed E-state index contributed by atoms with van der Waals surface area (Å²) in [5, 5.41) is 0. The fraction of sp³-hybridized carbons (Fsp3) is 0.188. The summed E-state index contributed by atoms with van der Waals surface area (Å²) in [7, 11) is -3.71. The topological polar surface area (TPSA) is 111 Å². The molecule has 9 heteroatoms. The molecular weight excluding hydrogens is 348 g/mol. The van der Waals surface area contributed by atoms with Gasteiger partial charge < -0.3 is 13.9 Å². The van der Waals surface area contributed by atoms with Crippen LogP contribution in [0.15, 0.2) is 50.5 Å². The number of nitrogens with one attached hydrogen (secondary N) is 2. The van der Waals surface area contributed by atoms with Crippen molar-refractivity contribution >= 4 is 21.1 Å². The van der Waals surface area contributed by atoms with Crippen molar-refractivity contribution in [2.45, 2.75) is 11.3 Å². The second-order valence-corrected chi connectivity index (χ2v) is 7.27. The highest BCUT2D eigenvalue weighted by Gasteiger charge is 2.16. The standard InChI is InChI=1S/C16H14N2O6S/c19-16-18-12-3-2-11(8-14(12)24-16)25(20,21)17-6-5-10-1-4-13-15(7-10)23-9-22-13/h1-4,7-8,17H,5-6,9H2,(H,18,19). The molecule has 0 spiro atoms. The number of aromatic amines is 1. The predicted octanol–water partition coefficient (Wildman–Crippen LogP) is 1.37. The van der Waals surface area contributed by atoms with Gasteiger partial charge in [0.05, 0.1) is 10.4 Å². The Balaban J connectivity index is 1.46. The Morgan fingerprint density at radius 2 is 1.92 bits per heavy atom. The molecule has 8 nitrogen and oxygen atoms in total. The van der Waals surface area contributed by atoms with Crippen LogP contribution in [0, 0.1) is 0 Å². The molecule has 1 aliphatic rings. The van der Waals surface area contributed by atoms with Crippen LogP contribution in [0.2, 0.25) is 0 Å². The van der Waals surface area contributed by atoms with E-state index in [1.807, 2.05) is 12.1 Å². The van der Waals surface area contributed by atoms with E-state index in [0.717, 1.165) is 5.56 Å². The first-order chi connectivity index (χ1) is 12.0. The summed E-state index contributed by atoms with van der Waals surface area (Å²) in [4.78, 5) is 13.7. The Morgan fingerprint density at radius 1 is 1.08 bits per heavy atom. The second kappa shape index (κ2) is 5.94. The first-order valence-electron chi connectivity index (χ1n) is 7.52. The van der Waals surface area contributed by atoms with Gasteiger partial charge in [0.25, 0.3) is 0 Å². The summed E-state index contributed by atoms with van der Waals surface area (Å²) in [6.45, 7) is 0.417. The van der Waals surface area contributed by atoms with Crippen LogP contribution in [0.25, 0.3) is 11.1 Å². The van der Waals surface area contributed by atoms with E-state index in [9.17, 15) is 13.2 Å². The number of aromatic nitrogens is 1. The van der Waals surface area contributed by atoms with Crippen LogP contribution in [0.1, 0.15) is 5.56 Å². The molecule has 0 unspecified atom stereocenters. The van der Waals surface area contributed by atoms with Crippen molar-refractivity contribution in [1.82, 2.24) is 9.71 Å². The SMILES string of the molecule is O=c1[nH]c2ccc(S(=O)(=O)NCCc3ccc4c(c3)OCO4)cc2o1. The van der Waals surface area contributed by atoms with Crippen LogP contribution in [0.3, 0.4) is 0 Å². The summed E-state index contributed by atoms with van der Waals surface area (Å²) >= 11 is 0. The summed E-state index contributed by atoms with van der Waals surface area (Å²) < 4.78 is 42.7. The van der Waals surface area contributed by atoms with Crippen LogP contribution in [-0.2, 0) is 16.4 Å². The third-order valence-corrected chi connectivity index (χ3v) is 5.30. The molecule has 2 N–H and O–H groups in total. The maximum atomic E-state index is 12.4. The summed E-state index contributed by atoms with van der Waals surface area (Å²) in [6, 6.07) is 9.72. The average molecular weight is 362 g/mol. The van der Waals surface area contributed by atoms with E-state index in [-0.39, 0.29) is 23.8 Å². The molecule has 4 rings (SSSR count). The van der Waals surface area contributed by atoms with Gasteiger partial charge >= 0.3 is 5.76 Å². The molecule has 0 fully saturated rings. The Labute approximate surface area is 142 Å². The van der Waals surface area contributed by atoms with Crippen LogP contribution in [0.5, 0.6) is 11.5 Å². The van der Waals surface area contributed by atoms with E-state index >= 15 is 0 Å². The third kappa shape index (κ3) is 3.11. The fourth-order valence-corrected chi connectivity index (χ4v) is 3.65. The van der Waals surface area contributed by atoms with E-state index in [1.54, 1.807) is 6.07 Å². The number of hydrogen-bond donors (Lipinski definition) is 2. The van der Waals surface area contributed by atoms with Crippen molar-refractivity contribution < 1.29 is 22.3 Å². The Hall–Kier alpha value is -2.78. The summed E-state index contributed by atoms with van der Waals surface area (Å²) in [5.74, 6) is 0.722. The molecule has 0 atom stereocenters. The zero-order valence-electron chi connectivity index (χ0n) is 12.9. The molecule has 130 valence electrons. The molecule has 0 bridgehead atoms. The molecular formula is C16H14N2O6S. The van der Waals surface area contributed by atoms with Crippen LogP contribution in [-0.4, -0.2) is 26.7 Å².